The van der Waals surface area contributed by atoms with Crippen molar-refractivity contribution >= 4 is 5.97 Å². The lowest BCUT2D eigenvalue weighted by atomic mass is 10.2. The quantitative estimate of drug-likeness (QED) is 0.734. The van der Waals surface area contributed by atoms with E-state index in [1.807, 2.05) is 0 Å². The summed E-state index contributed by atoms with van der Waals surface area (Å²) in [5, 5.41) is 22.0. The molecule has 2 N–H and O–H groups in total. The van der Waals surface area contributed by atoms with E-state index in [2.05, 4.69) is 10.00 Å². The summed E-state index contributed by atoms with van der Waals surface area (Å²) in [6.45, 7) is 1.20. The number of nitrogens with zero attached hydrogens (tertiary/aromatic N) is 3. The second-order valence-corrected chi connectivity index (χ2v) is 4.36. The molecule has 0 saturated heterocycles. The molecule has 2 rings (SSSR count). The third-order valence-corrected chi connectivity index (χ3v) is 3.10. The Balaban J connectivity index is 2.15. The minimum absolute atomic E-state index is 0.0940. The zero-order chi connectivity index (χ0) is 12.4. The zero-order valence-electron chi connectivity index (χ0n) is 9.83. The Morgan fingerprint density at radius 1 is 1.65 bits per heavy atom. The maximum atomic E-state index is 11.0. The number of aromatic nitrogens is 2. The lowest BCUT2D eigenvalue weighted by Crippen LogP contribution is -2.30. The highest BCUT2D eigenvalue weighted by molar-refractivity contribution is 5.88. The Bertz CT molecular complexity index is 412. The smallest absolute Gasteiger partial charge is 0.339 e. The number of aliphatic hydroxyl groups is 1. The summed E-state index contributed by atoms with van der Waals surface area (Å²) in [6.07, 6.45) is 3.63. The average Bonchev–Trinajstić information content (AvgIpc) is 3.04. The first-order chi connectivity index (χ1) is 8.13. The maximum Gasteiger partial charge on any atom is 0.339 e. The van der Waals surface area contributed by atoms with Crippen LogP contribution in [-0.2, 0) is 13.6 Å². The molecule has 1 saturated carbocycles. The van der Waals surface area contributed by atoms with E-state index < -0.39 is 5.97 Å². The summed E-state index contributed by atoms with van der Waals surface area (Å²) in [6, 6.07) is 0.485. The van der Waals surface area contributed by atoms with E-state index in [-0.39, 0.29) is 12.2 Å². The van der Waals surface area contributed by atoms with Gasteiger partial charge in [0.2, 0.25) is 0 Å². The Morgan fingerprint density at radius 3 is 2.88 bits per heavy atom. The van der Waals surface area contributed by atoms with Crippen molar-refractivity contribution in [3.63, 3.8) is 0 Å². The van der Waals surface area contributed by atoms with Crippen LogP contribution in [0.15, 0.2) is 6.20 Å². The van der Waals surface area contributed by atoms with Gasteiger partial charge in [-0.2, -0.15) is 5.10 Å². The molecule has 0 atom stereocenters. The maximum absolute atomic E-state index is 11.0. The molecule has 0 aromatic carbocycles. The third-order valence-electron chi connectivity index (χ3n) is 3.10. The first-order valence-corrected chi connectivity index (χ1v) is 5.72. The fourth-order valence-corrected chi connectivity index (χ4v) is 1.98. The van der Waals surface area contributed by atoms with E-state index in [1.165, 1.54) is 6.20 Å². The van der Waals surface area contributed by atoms with Crippen LogP contribution in [0.4, 0.5) is 0 Å². The highest BCUT2D eigenvalue weighted by Crippen LogP contribution is 2.28. The third kappa shape index (κ3) is 2.65. The number of carboxylic acid groups (broad SMARTS) is 1. The van der Waals surface area contributed by atoms with Crippen molar-refractivity contribution in [2.45, 2.75) is 25.4 Å². The minimum atomic E-state index is -0.951. The van der Waals surface area contributed by atoms with E-state index >= 15 is 0 Å². The second kappa shape index (κ2) is 4.85. The van der Waals surface area contributed by atoms with Crippen molar-refractivity contribution in [3.8, 4) is 0 Å². The number of aliphatic hydroxyl groups excluding tert-OH is 1. The molecular formula is C11H17N3O3. The minimum Gasteiger partial charge on any atom is -0.478 e. The standard InChI is InChI=1S/C11H17N3O3/c1-13-10(9(6-12-13)11(16)17)7-14(4-5-15)8-2-3-8/h6,8,15H,2-5,7H2,1H3,(H,16,17). The first kappa shape index (κ1) is 12.1. The van der Waals surface area contributed by atoms with Crippen LogP contribution in [0.25, 0.3) is 0 Å². The fraction of sp³-hybridized carbons (Fsp3) is 0.636. The van der Waals surface area contributed by atoms with Gasteiger partial charge in [-0.3, -0.25) is 9.58 Å². The van der Waals surface area contributed by atoms with Gasteiger partial charge >= 0.3 is 5.97 Å². The molecule has 0 bridgehead atoms. The number of hydrogen-bond acceptors (Lipinski definition) is 4. The highest BCUT2D eigenvalue weighted by Gasteiger charge is 2.30. The lowest BCUT2D eigenvalue weighted by molar-refractivity contribution is 0.0693. The first-order valence-electron chi connectivity index (χ1n) is 5.72. The predicted molar refractivity (Wildman–Crippen MR) is 60.7 cm³/mol. The molecule has 1 aromatic rings. The van der Waals surface area contributed by atoms with Gasteiger partial charge in [0.15, 0.2) is 0 Å². The van der Waals surface area contributed by atoms with Crippen LogP contribution in [0.5, 0.6) is 0 Å². The molecule has 1 fully saturated rings. The summed E-state index contributed by atoms with van der Waals surface area (Å²) in [4.78, 5) is 13.2. The number of aromatic carboxylic acids is 1. The molecule has 0 radical (unpaired) electrons. The molecule has 1 heterocycles. The normalized spacial score (nSPS) is 15.5. The molecule has 0 aliphatic heterocycles. The number of carboxylic acids is 1. The van der Waals surface area contributed by atoms with Gasteiger partial charge in [-0.25, -0.2) is 4.79 Å². The Morgan fingerprint density at radius 2 is 2.35 bits per heavy atom. The van der Waals surface area contributed by atoms with Crippen molar-refractivity contribution < 1.29 is 15.0 Å². The van der Waals surface area contributed by atoms with Gasteiger partial charge in [0.25, 0.3) is 0 Å². The van der Waals surface area contributed by atoms with Crippen LogP contribution in [-0.4, -0.2) is 50.1 Å². The van der Waals surface area contributed by atoms with Crippen LogP contribution >= 0.6 is 0 Å². The van der Waals surface area contributed by atoms with Gasteiger partial charge in [0.1, 0.15) is 5.56 Å². The molecule has 6 heteroatoms. The Hall–Kier alpha value is -1.40. The van der Waals surface area contributed by atoms with E-state index in [0.29, 0.717) is 24.8 Å². The van der Waals surface area contributed by atoms with Crippen LogP contribution < -0.4 is 0 Å². The lowest BCUT2D eigenvalue weighted by Gasteiger charge is -2.21. The van der Waals surface area contributed by atoms with Crippen molar-refractivity contribution in [2.24, 2.45) is 7.05 Å². The van der Waals surface area contributed by atoms with Gasteiger partial charge in [-0.1, -0.05) is 0 Å². The number of aryl methyl sites for hydroxylation is 1. The number of hydrogen-bond donors (Lipinski definition) is 2. The molecular weight excluding hydrogens is 222 g/mol. The monoisotopic (exact) mass is 239 g/mol. The molecule has 1 aliphatic rings. The van der Waals surface area contributed by atoms with E-state index in [0.717, 1.165) is 12.8 Å². The van der Waals surface area contributed by atoms with Gasteiger partial charge in [0, 0.05) is 26.2 Å². The molecule has 0 unspecified atom stereocenters. The van der Waals surface area contributed by atoms with Gasteiger partial charge in [-0.15, -0.1) is 0 Å². The molecule has 6 nitrogen and oxygen atoms in total. The fourth-order valence-electron chi connectivity index (χ4n) is 1.98. The SMILES string of the molecule is Cn1ncc(C(=O)O)c1CN(CCO)C1CC1. The molecule has 17 heavy (non-hydrogen) atoms. The number of rotatable bonds is 6. The molecule has 94 valence electrons. The van der Waals surface area contributed by atoms with Crippen LogP contribution in [0.3, 0.4) is 0 Å². The summed E-state index contributed by atoms with van der Waals surface area (Å²) in [7, 11) is 1.74. The Labute approximate surface area is 99.5 Å². The second-order valence-electron chi connectivity index (χ2n) is 4.36. The van der Waals surface area contributed by atoms with E-state index in [4.69, 9.17) is 10.2 Å². The summed E-state index contributed by atoms with van der Waals surface area (Å²) in [5.41, 5.74) is 0.939. The molecule has 0 amide bonds. The van der Waals surface area contributed by atoms with Crippen LogP contribution in [0, 0.1) is 0 Å². The zero-order valence-corrected chi connectivity index (χ0v) is 9.83. The van der Waals surface area contributed by atoms with E-state index in [1.54, 1.807) is 11.7 Å². The number of carbonyl (C=O) groups is 1. The Kier molecular flexibility index (Phi) is 3.44. The van der Waals surface area contributed by atoms with Crippen LogP contribution in [0.1, 0.15) is 28.9 Å². The van der Waals surface area contributed by atoms with Crippen molar-refractivity contribution in [1.29, 1.82) is 0 Å². The average molecular weight is 239 g/mol. The topological polar surface area (TPSA) is 78.6 Å². The van der Waals surface area contributed by atoms with Crippen molar-refractivity contribution in [1.82, 2.24) is 14.7 Å². The van der Waals surface area contributed by atoms with Gasteiger partial charge in [-0.05, 0) is 12.8 Å². The molecule has 1 aromatic heterocycles. The van der Waals surface area contributed by atoms with E-state index in [9.17, 15) is 4.79 Å². The van der Waals surface area contributed by atoms with Gasteiger partial charge < -0.3 is 10.2 Å². The summed E-state index contributed by atoms with van der Waals surface area (Å²) in [5.74, 6) is -0.951. The van der Waals surface area contributed by atoms with Gasteiger partial charge in [0.05, 0.1) is 18.5 Å². The van der Waals surface area contributed by atoms with Crippen LogP contribution in [0.2, 0.25) is 0 Å². The molecule has 0 spiro atoms. The summed E-state index contributed by atoms with van der Waals surface area (Å²) >= 11 is 0. The predicted octanol–water partition coefficient (Wildman–Crippen LogP) is 0.0750. The highest BCUT2D eigenvalue weighted by atomic mass is 16.4. The van der Waals surface area contributed by atoms with Crippen molar-refractivity contribution in [3.05, 3.63) is 17.5 Å². The molecule has 1 aliphatic carbocycles. The summed E-state index contributed by atoms with van der Waals surface area (Å²) < 4.78 is 1.59. The largest absolute Gasteiger partial charge is 0.478 e. The van der Waals surface area contributed by atoms with Crippen molar-refractivity contribution in [2.75, 3.05) is 13.2 Å².